The summed E-state index contributed by atoms with van der Waals surface area (Å²) in [5.74, 6) is 0. The Kier molecular flexibility index (Phi) is 2.14. The molecule has 0 saturated carbocycles. The Morgan fingerprint density at radius 2 is 1.83 bits per heavy atom. The average molecular weight is 366 g/mol. The predicted molar refractivity (Wildman–Crippen MR) is 78.9 cm³/mol. The van der Waals surface area contributed by atoms with Gasteiger partial charge in [0.15, 0.2) is 4.67 Å². The van der Waals surface area contributed by atoms with E-state index in [1.54, 1.807) is 6.26 Å². The van der Waals surface area contributed by atoms with Crippen molar-refractivity contribution < 1.29 is 8.83 Å². The van der Waals surface area contributed by atoms with Crippen LogP contribution in [0.25, 0.3) is 32.7 Å². The summed E-state index contributed by atoms with van der Waals surface area (Å²) in [6.45, 7) is 0. The summed E-state index contributed by atoms with van der Waals surface area (Å²) < 4.78 is 12.8. The molecule has 0 fully saturated rings. The number of fused-ring (bicyclic) bond motifs is 5. The monoisotopic (exact) mass is 364 g/mol. The molecule has 0 amide bonds. The largest absolute Gasteiger partial charge is 0.463 e. The van der Waals surface area contributed by atoms with Crippen molar-refractivity contribution in [3.05, 3.63) is 45.7 Å². The van der Waals surface area contributed by atoms with Crippen molar-refractivity contribution in [2.45, 2.75) is 0 Å². The van der Waals surface area contributed by atoms with E-state index in [-0.39, 0.29) is 0 Å². The van der Waals surface area contributed by atoms with Gasteiger partial charge in [0.1, 0.15) is 11.2 Å². The second kappa shape index (κ2) is 3.62. The maximum absolute atomic E-state index is 5.61. The quantitative estimate of drug-likeness (QED) is 0.390. The Hall–Kier alpha value is -1.26. The van der Waals surface area contributed by atoms with E-state index >= 15 is 0 Å². The average Bonchev–Trinajstić information content (AvgIpc) is 2.93. The van der Waals surface area contributed by atoms with Gasteiger partial charge >= 0.3 is 0 Å². The van der Waals surface area contributed by atoms with E-state index in [0.717, 1.165) is 41.9 Å². The van der Waals surface area contributed by atoms with Crippen LogP contribution in [0.15, 0.2) is 54.6 Å². The van der Waals surface area contributed by atoms with Gasteiger partial charge in [-0.15, -0.1) is 0 Å². The predicted octanol–water partition coefficient (Wildman–Crippen LogP) is 5.86. The Balaban J connectivity index is 2.39. The van der Waals surface area contributed by atoms with Gasteiger partial charge in [-0.2, -0.15) is 0 Å². The van der Waals surface area contributed by atoms with Crippen LogP contribution in [0.2, 0.25) is 0 Å². The zero-order valence-corrected chi connectivity index (χ0v) is 12.2. The number of hydrogen-bond donors (Lipinski definition) is 0. The minimum absolute atomic E-state index is 0.740. The van der Waals surface area contributed by atoms with Gasteiger partial charge in [0.2, 0.25) is 0 Å². The fourth-order valence-corrected chi connectivity index (χ4v) is 3.37. The van der Waals surface area contributed by atoms with Crippen molar-refractivity contribution in [3.63, 3.8) is 0 Å². The summed E-state index contributed by atoms with van der Waals surface area (Å²) in [5, 5.41) is 4.52. The molecule has 0 N–H and O–H groups in total. The van der Waals surface area contributed by atoms with E-state index in [9.17, 15) is 0 Å². The van der Waals surface area contributed by atoms with Crippen LogP contribution in [-0.4, -0.2) is 0 Å². The highest BCUT2D eigenvalue weighted by atomic mass is 79.9. The van der Waals surface area contributed by atoms with Crippen LogP contribution in [0.1, 0.15) is 0 Å². The summed E-state index contributed by atoms with van der Waals surface area (Å²) >= 11 is 6.92. The molecule has 18 heavy (non-hydrogen) atoms. The van der Waals surface area contributed by atoms with Gasteiger partial charge < -0.3 is 8.83 Å². The van der Waals surface area contributed by atoms with Crippen LogP contribution in [0.3, 0.4) is 0 Å². The van der Waals surface area contributed by atoms with Crippen molar-refractivity contribution in [1.29, 1.82) is 0 Å². The van der Waals surface area contributed by atoms with Crippen LogP contribution in [0.5, 0.6) is 0 Å². The first-order valence-corrected chi connectivity index (χ1v) is 7.00. The van der Waals surface area contributed by atoms with Crippen molar-refractivity contribution in [2.24, 2.45) is 0 Å². The highest BCUT2D eigenvalue weighted by Crippen LogP contribution is 2.38. The summed E-state index contributed by atoms with van der Waals surface area (Å²) in [7, 11) is 0. The molecule has 0 spiro atoms. The van der Waals surface area contributed by atoms with Crippen molar-refractivity contribution >= 4 is 64.6 Å². The molecule has 2 aromatic heterocycles. The zero-order valence-electron chi connectivity index (χ0n) is 9.04. The fraction of sp³-hybridized carbons (Fsp3) is 0. The van der Waals surface area contributed by atoms with E-state index < -0.39 is 0 Å². The van der Waals surface area contributed by atoms with Crippen molar-refractivity contribution in [3.8, 4) is 0 Å². The second-order valence-electron chi connectivity index (χ2n) is 4.15. The highest BCUT2D eigenvalue weighted by molar-refractivity contribution is 9.10. The molecule has 4 aromatic rings. The topological polar surface area (TPSA) is 26.3 Å². The first-order valence-electron chi connectivity index (χ1n) is 5.41. The normalized spacial score (nSPS) is 11.9. The fourth-order valence-electron chi connectivity index (χ4n) is 2.41. The molecule has 0 aliphatic carbocycles. The third-order valence-corrected chi connectivity index (χ3v) is 4.12. The van der Waals surface area contributed by atoms with Crippen LogP contribution < -0.4 is 0 Å². The van der Waals surface area contributed by atoms with Gasteiger partial charge in [-0.1, -0.05) is 6.07 Å². The minimum atomic E-state index is 0.740. The molecule has 0 bridgehead atoms. The lowest BCUT2D eigenvalue weighted by molar-refractivity contribution is 0.587. The number of halogens is 2. The summed E-state index contributed by atoms with van der Waals surface area (Å²) in [6.07, 6.45) is 1.71. The Bertz CT molecular complexity index is 897. The molecule has 4 heteroatoms. The Labute approximate surface area is 119 Å². The SMILES string of the molecule is Brc1cc2c(ccc3cc(Br)c4occc4c32)o1. The second-order valence-corrected chi connectivity index (χ2v) is 5.78. The first kappa shape index (κ1) is 10.6. The lowest BCUT2D eigenvalue weighted by Crippen LogP contribution is -1.77. The Morgan fingerprint density at radius 3 is 2.72 bits per heavy atom. The van der Waals surface area contributed by atoms with Crippen LogP contribution in [-0.2, 0) is 0 Å². The number of benzene rings is 2. The van der Waals surface area contributed by atoms with Gasteiger partial charge in [0, 0.05) is 16.2 Å². The van der Waals surface area contributed by atoms with Gasteiger partial charge in [0.25, 0.3) is 0 Å². The third kappa shape index (κ3) is 1.33. The molecule has 2 aromatic carbocycles. The molecule has 2 nitrogen and oxygen atoms in total. The lowest BCUT2D eigenvalue weighted by Gasteiger charge is -2.02. The van der Waals surface area contributed by atoms with Gasteiger partial charge in [-0.3, -0.25) is 0 Å². The van der Waals surface area contributed by atoms with E-state index in [4.69, 9.17) is 8.83 Å². The molecule has 0 radical (unpaired) electrons. The number of furan rings is 2. The first-order chi connectivity index (χ1) is 8.74. The molecular weight excluding hydrogens is 360 g/mol. The van der Waals surface area contributed by atoms with Gasteiger partial charge in [0.05, 0.1) is 10.7 Å². The molecule has 0 aliphatic rings. The van der Waals surface area contributed by atoms with Crippen molar-refractivity contribution in [1.82, 2.24) is 0 Å². The van der Waals surface area contributed by atoms with E-state index in [2.05, 4.69) is 44.0 Å². The number of rotatable bonds is 0. The highest BCUT2D eigenvalue weighted by Gasteiger charge is 2.12. The number of hydrogen-bond acceptors (Lipinski definition) is 2. The smallest absolute Gasteiger partial charge is 0.170 e. The standard InChI is InChI=1S/C14H6Br2O2/c15-10-5-7-1-2-11-9(6-12(16)18-11)13(7)8-3-4-17-14(8)10/h1-6H. The Morgan fingerprint density at radius 1 is 0.944 bits per heavy atom. The van der Waals surface area contributed by atoms with Crippen LogP contribution in [0.4, 0.5) is 0 Å². The molecule has 0 atom stereocenters. The van der Waals surface area contributed by atoms with Crippen LogP contribution in [0, 0.1) is 0 Å². The van der Waals surface area contributed by atoms with E-state index in [1.165, 1.54) is 0 Å². The zero-order chi connectivity index (χ0) is 12.3. The molecule has 0 unspecified atom stereocenters. The molecule has 4 rings (SSSR count). The van der Waals surface area contributed by atoms with Gasteiger partial charge in [-0.25, -0.2) is 0 Å². The molecule has 2 heterocycles. The lowest BCUT2D eigenvalue weighted by atomic mass is 10.0. The molecule has 0 saturated heterocycles. The minimum Gasteiger partial charge on any atom is -0.463 e. The van der Waals surface area contributed by atoms with E-state index in [0.29, 0.717) is 0 Å². The summed E-state index contributed by atoms with van der Waals surface area (Å²) in [6, 6.07) is 10.1. The van der Waals surface area contributed by atoms with Crippen LogP contribution >= 0.6 is 31.9 Å². The molecule has 88 valence electrons. The molecule has 0 aliphatic heterocycles. The summed E-state index contributed by atoms with van der Waals surface area (Å²) in [5.41, 5.74) is 1.74. The van der Waals surface area contributed by atoms with Gasteiger partial charge in [-0.05, 0) is 61.5 Å². The summed E-state index contributed by atoms with van der Waals surface area (Å²) in [4.78, 5) is 0. The maximum Gasteiger partial charge on any atom is 0.170 e. The molecular formula is C14H6Br2O2. The van der Waals surface area contributed by atoms with E-state index in [1.807, 2.05) is 18.2 Å². The third-order valence-electron chi connectivity index (χ3n) is 3.14. The maximum atomic E-state index is 5.61. The van der Waals surface area contributed by atoms with Crippen molar-refractivity contribution in [2.75, 3.05) is 0 Å².